The van der Waals surface area contributed by atoms with Gasteiger partial charge in [-0.2, -0.15) is 0 Å². The first kappa shape index (κ1) is 20.8. The van der Waals surface area contributed by atoms with Gasteiger partial charge < -0.3 is 9.73 Å². The molecule has 2 aromatic heterocycles. The monoisotopic (exact) mass is 447 g/mol. The first-order valence-electron chi connectivity index (χ1n) is 9.91. The second-order valence-corrected chi connectivity index (χ2v) is 10.1. The fourth-order valence-electron chi connectivity index (χ4n) is 3.72. The third-order valence-corrected chi connectivity index (χ3v) is 7.33. The minimum atomic E-state index is -3.46. The Balaban J connectivity index is 1.38. The van der Waals surface area contributed by atoms with Crippen molar-refractivity contribution in [3.05, 3.63) is 53.0 Å². The minimum absolute atomic E-state index is 0.0203. The van der Waals surface area contributed by atoms with Crippen LogP contribution in [0.5, 0.6) is 0 Å². The zero-order chi connectivity index (χ0) is 21.3. The van der Waals surface area contributed by atoms with Crippen molar-refractivity contribution < 1.29 is 17.6 Å². The van der Waals surface area contributed by atoms with Crippen molar-refractivity contribution in [1.82, 2.24) is 15.3 Å². The largest absolute Gasteiger partial charge is 0.440 e. The molecular formula is C21H22ClN3O4S. The van der Waals surface area contributed by atoms with E-state index < -0.39 is 9.84 Å². The number of nitrogens with one attached hydrogen (secondary N) is 1. The number of aromatic nitrogens is 2. The summed E-state index contributed by atoms with van der Waals surface area (Å²) in [6.07, 6.45) is 4.63. The van der Waals surface area contributed by atoms with E-state index in [0.717, 1.165) is 36.8 Å². The topological polar surface area (TPSA) is 102 Å². The van der Waals surface area contributed by atoms with E-state index in [1.807, 2.05) is 6.07 Å². The fourth-order valence-corrected chi connectivity index (χ4v) is 4.71. The molecule has 158 valence electrons. The smallest absolute Gasteiger partial charge is 0.251 e. The summed E-state index contributed by atoms with van der Waals surface area (Å²) in [4.78, 5) is 21.1. The van der Waals surface area contributed by atoms with Crippen molar-refractivity contribution in [2.75, 3.05) is 5.75 Å². The number of hydrogen-bond acceptors (Lipinski definition) is 6. The highest BCUT2D eigenvalue weighted by atomic mass is 35.5. The molecule has 0 saturated heterocycles. The van der Waals surface area contributed by atoms with Gasteiger partial charge in [-0.05, 0) is 56.0 Å². The van der Waals surface area contributed by atoms with E-state index in [1.165, 1.54) is 18.3 Å². The van der Waals surface area contributed by atoms with E-state index in [4.69, 9.17) is 16.0 Å². The molecule has 0 atom stereocenters. The average Bonchev–Trinajstić information content (AvgIpc) is 3.17. The molecule has 0 aliphatic heterocycles. The van der Waals surface area contributed by atoms with Crippen molar-refractivity contribution in [1.29, 1.82) is 0 Å². The number of nitrogens with zero attached hydrogens (tertiary/aromatic N) is 2. The third kappa shape index (κ3) is 4.34. The first-order chi connectivity index (χ1) is 14.4. The van der Waals surface area contributed by atoms with Crippen LogP contribution in [0, 0.1) is 0 Å². The van der Waals surface area contributed by atoms with Crippen molar-refractivity contribution in [3.63, 3.8) is 0 Å². The number of fused-ring (bicyclic) bond motifs is 1. The maximum absolute atomic E-state index is 12.6. The van der Waals surface area contributed by atoms with E-state index in [0.29, 0.717) is 16.5 Å². The van der Waals surface area contributed by atoms with Crippen LogP contribution >= 0.6 is 11.6 Å². The lowest BCUT2D eigenvalue weighted by atomic mass is 9.86. The lowest BCUT2D eigenvalue weighted by molar-refractivity contribution is 0.0924. The number of hydrogen-bond donors (Lipinski definition) is 1. The van der Waals surface area contributed by atoms with Crippen LogP contribution < -0.4 is 5.32 Å². The molecule has 7 nitrogen and oxygen atoms in total. The Bertz CT molecular complexity index is 1180. The highest BCUT2D eigenvalue weighted by Gasteiger charge is 2.27. The second-order valence-electron chi connectivity index (χ2n) is 7.47. The van der Waals surface area contributed by atoms with Gasteiger partial charge in [0.1, 0.15) is 5.52 Å². The summed E-state index contributed by atoms with van der Waals surface area (Å²) in [5, 5.41) is 3.56. The molecule has 2 heterocycles. The number of halogens is 1. The standard InChI is InChI=1S/C21H22ClN3O4S/c1-2-30(27,28)19-11-14(9-10-23-19)20(26)24-16-6-3-13(4-7-16)21-25-17-12-15(22)5-8-18(17)29-21/h5,8-13,16H,2-4,6-7H2,1H3,(H,24,26). The number of benzene rings is 1. The molecule has 1 fully saturated rings. The number of amides is 1. The average molecular weight is 448 g/mol. The Hall–Kier alpha value is -2.45. The van der Waals surface area contributed by atoms with Gasteiger partial charge in [-0.1, -0.05) is 18.5 Å². The van der Waals surface area contributed by atoms with Crippen LogP contribution in [0.4, 0.5) is 0 Å². The third-order valence-electron chi connectivity index (χ3n) is 5.47. The number of rotatable bonds is 5. The second kappa shape index (κ2) is 8.35. The van der Waals surface area contributed by atoms with Gasteiger partial charge in [0.25, 0.3) is 5.91 Å². The molecule has 0 unspecified atom stereocenters. The molecule has 1 amide bonds. The van der Waals surface area contributed by atoms with Gasteiger partial charge >= 0.3 is 0 Å². The molecule has 1 saturated carbocycles. The fraction of sp³-hybridized carbons (Fsp3) is 0.381. The molecule has 0 spiro atoms. The molecule has 9 heteroatoms. The van der Waals surface area contributed by atoms with Gasteiger partial charge in [-0.25, -0.2) is 18.4 Å². The molecule has 1 aliphatic carbocycles. The predicted molar refractivity (Wildman–Crippen MR) is 113 cm³/mol. The Morgan fingerprint density at radius 3 is 2.70 bits per heavy atom. The molecule has 3 aromatic rings. The molecule has 0 bridgehead atoms. The van der Waals surface area contributed by atoms with Crippen LogP contribution in [0.1, 0.15) is 54.8 Å². The minimum Gasteiger partial charge on any atom is -0.440 e. The summed E-state index contributed by atoms with van der Waals surface area (Å²) >= 11 is 6.02. The summed E-state index contributed by atoms with van der Waals surface area (Å²) in [6, 6.07) is 8.27. The van der Waals surface area contributed by atoms with Gasteiger partial charge in [0, 0.05) is 28.7 Å². The van der Waals surface area contributed by atoms with Crippen LogP contribution in [0.25, 0.3) is 11.1 Å². The number of carbonyl (C=O) groups is 1. The SMILES string of the molecule is CCS(=O)(=O)c1cc(C(=O)NC2CCC(c3nc4cc(Cl)ccc4o3)CC2)ccn1. The van der Waals surface area contributed by atoms with Crippen LogP contribution in [0.15, 0.2) is 46.0 Å². The van der Waals surface area contributed by atoms with Crippen molar-refractivity contribution in [2.24, 2.45) is 0 Å². The van der Waals surface area contributed by atoms with Crippen molar-refractivity contribution >= 4 is 38.4 Å². The lowest BCUT2D eigenvalue weighted by Gasteiger charge is -2.27. The Labute approximate surface area is 179 Å². The van der Waals surface area contributed by atoms with Gasteiger partial charge in [0.05, 0.1) is 5.75 Å². The predicted octanol–water partition coefficient (Wildman–Crippen LogP) is 4.13. The van der Waals surface area contributed by atoms with Gasteiger partial charge in [-0.3, -0.25) is 4.79 Å². The van der Waals surface area contributed by atoms with E-state index in [1.54, 1.807) is 19.1 Å². The summed E-state index contributed by atoms with van der Waals surface area (Å²) in [7, 11) is -3.46. The van der Waals surface area contributed by atoms with Crippen LogP contribution in [0.3, 0.4) is 0 Å². The van der Waals surface area contributed by atoms with E-state index in [9.17, 15) is 13.2 Å². The van der Waals surface area contributed by atoms with Gasteiger partial charge in [-0.15, -0.1) is 0 Å². The highest BCUT2D eigenvalue weighted by molar-refractivity contribution is 7.91. The highest BCUT2D eigenvalue weighted by Crippen LogP contribution is 2.34. The van der Waals surface area contributed by atoms with E-state index in [-0.39, 0.29) is 28.6 Å². The van der Waals surface area contributed by atoms with Crippen LogP contribution in [-0.4, -0.2) is 36.1 Å². The number of pyridine rings is 1. The molecular weight excluding hydrogens is 426 g/mol. The van der Waals surface area contributed by atoms with E-state index >= 15 is 0 Å². The first-order valence-corrected chi connectivity index (χ1v) is 11.9. The molecule has 1 N–H and O–H groups in total. The molecule has 1 aromatic carbocycles. The van der Waals surface area contributed by atoms with Crippen molar-refractivity contribution in [3.8, 4) is 0 Å². The zero-order valence-corrected chi connectivity index (χ0v) is 18.0. The molecule has 1 aliphatic rings. The Kier molecular flexibility index (Phi) is 5.79. The van der Waals surface area contributed by atoms with Crippen molar-refractivity contribution in [2.45, 2.75) is 49.6 Å². The van der Waals surface area contributed by atoms with Gasteiger partial charge in [0.15, 0.2) is 26.3 Å². The summed E-state index contributed by atoms with van der Waals surface area (Å²) < 4.78 is 29.9. The maximum Gasteiger partial charge on any atom is 0.251 e. The lowest BCUT2D eigenvalue weighted by Crippen LogP contribution is -2.37. The Morgan fingerprint density at radius 1 is 1.20 bits per heavy atom. The summed E-state index contributed by atoms with van der Waals surface area (Å²) in [5.41, 5.74) is 1.78. The quantitative estimate of drug-likeness (QED) is 0.631. The summed E-state index contributed by atoms with van der Waals surface area (Å²) in [6.45, 7) is 1.55. The Morgan fingerprint density at radius 2 is 1.97 bits per heavy atom. The number of carbonyl (C=O) groups excluding carboxylic acids is 1. The summed E-state index contributed by atoms with van der Waals surface area (Å²) in [5.74, 6) is 0.564. The maximum atomic E-state index is 12.6. The van der Waals surface area contributed by atoms with Gasteiger partial charge in [0.2, 0.25) is 0 Å². The van der Waals surface area contributed by atoms with Crippen LogP contribution in [-0.2, 0) is 9.84 Å². The van der Waals surface area contributed by atoms with Crippen LogP contribution in [0.2, 0.25) is 5.02 Å². The van der Waals surface area contributed by atoms with E-state index in [2.05, 4.69) is 15.3 Å². The number of oxazole rings is 1. The molecule has 4 rings (SSSR count). The number of sulfone groups is 1. The normalized spacial score (nSPS) is 19.7. The molecule has 0 radical (unpaired) electrons. The molecule has 30 heavy (non-hydrogen) atoms. The zero-order valence-electron chi connectivity index (χ0n) is 16.5.